The van der Waals surface area contributed by atoms with Gasteiger partial charge < -0.3 is 29.7 Å². The van der Waals surface area contributed by atoms with Crippen LogP contribution in [0.4, 0.5) is 4.79 Å². The molecule has 3 saturated carbocycles. The minimum Gasteiger partial charge on any atom is -0.489 e. The number of hydrogen-bond donors (Lipinski definition) is 3. The zero-order valence-corrected chi connectivity index (χ0v) is 38.8. The number of ether oxygens (including phenoxy) is 3. The number of alkyl carbamates (subject to hydrolysis) is 1. The molecule has 5 heterocycles. The number of rotatable bonds is 9. The Labute approximate surface area is 377 Å². The van der Waals surface area contributed by atoms with E-state index in [4.69, 9.17) is 19.2 Å². The SMILES string of the molecule is C=C[C@H]1C[C@]1(NC(=O)[C@@H]1C[C@@H]2CN1C(=O)[C@H](C(C)(C)C)NC(=O)O[C@@H]1C[C@H]1CCCCCc1c(nc3ccccc3c1OC1CC3CCC(C1)N3CC)O2)C(=O)NS(=O)(=O)C1(C)CC1. The zero-order chi connectivity index (χ0) is 45.3. The topological polar surface area (TPSA) is 186 Å². The molecule has 9 atom stereocenters. The Hall–Kier alpha value is -4.44. The van der Waals surface area contributed by atoms with Gasteiger partial charge in [0.1, 0.15) is 41.7 Å². The van der Waals surface area contributed by atoms with Crippen LogP contribution in [0.25, 0.3) is 10.9 Å². The number of hydrogen-bond acceptors (Lipinski definition) is 11. The van der Waals surface area contributed by atoms with Crippen LogP contribution in [0.2, 0.25) is 0 Å². The molecule has 4 aliphatic heterocycles. The third-order valence-electron chi connectivity index (χ3n) is 15.4. The summed E-state index contributed by atoms with van der Waals surface area (Å²) in [5.74, 6) is -1.08. The Morgan fingerprint density at radius 2 is 1.77 bits per heavy atom. The minimum absolute atomic E-state index is 0.0231. The summed E-state index contributed by atoms with van der Waals surface area (Å²) in [6, 6.07) is 6.69. The Morgan fingerprint density at radius 1 is 1.03 bits per heavy atom. The lowest BCUT2D eigenvalue weighted by molar-refractivity contribution is -0.142. The highest BCUT2D eigenvalue weighted by molar-refractivity contribution is 7.91. The maximum absolute atomic E-state index is 14.9. The first-order valence-electron chi connectivity index (χ1n) is 23.7. The van der Waals surface area contributed by atoms with E-state index in [0.717, 1.165) is 73.7 Å². The number of benzene rings is 1. The number of aromatic nitrogens is 1. The van der Waals surface area contributed by atoms with Crippen LogP contribution in [-0.4, -0.2) is 113 Å². The van der Waals surface area contributed by atoms with Crippen LogP contribution in [0, 0.1) is 17.3 Å². The maximum Gasteiger partial charge on any atom is 0.408 e. The molecule has 348 valence electrons. The predicted octanol–water partition coefficient (Wildman–Crippen LogP) is 5.68. The van der Waals surface area contributed by atoms with Gasteiger partial charge in [0.15, 0.2) is 0 Å². The predicted molar refractivity (Wildman–Crippen MR) is 240 cm³/mol. The van der Waals surface area contributed by atoms with Gasteiger partial charge in [-0.1, -0.05) is 58.7 Å². The highest BCUT2D eigenvalue weighted by Crippen LogP contribution is 2.48. The lowest BCUT2D eigenvalue weighted by Crippen LogP contribution is -2.60. The van der Waals surface area contributed by atoms with Gasteiger partial charge in [0.25, 0.3) is 5.91 Å². The standard InChI is InChI=1S/C48H66N6O9S/c1-7-29-26-48(29,44(57)52-64(59,60)47(6)20-21-47)51-41(55)37-25-33-27-54(37)43(56)40(46(3,4)5)50-45(58)63-38-22-28(38)14-10-9-11-16-35-39(34-15-12-13-17-36(34)49-42(35)62-33)61-32-23-30-18-19-31(24-32)53(30)8-2/h7,12-13,15,17,28-33,37-38,40H,1,8-11,14,16,18-27H2,2-6H3,(H,50,58)(H,51,55)(H,52,57)/t28-,29+,30?,31?,32?,33-,37+,38-,40-,48-/m1/s1. The van der Waals surface area contributed by atoms with E-state index in [0.29, 0.717) is 37.2 Å². The van der Waals surface area contributed by atoms with Gasteiger partial charge in [0, 0.05) is 29.8 Å². The van der Waals surface area contributed by atoms with E-state index in [2.05, 4.69) is 39.8 Å². The summed E-state index contributed by atoms with van der Waals surface area (Å²) in [6.45, 7) is 14.2. The summed E-state index contributed by atoms with van der Waals surface area (Å²) >= 11 is 0. The number of pyridine rings is 1. The lowest BCUT2D eigenvalue weighted by Gasteiger charge is -2.38. The number of carbonyl (C=O) groups excluding carboxylic acids is 4. The second kappa shape index (κ2) is 16.8. The molecule has 3 aliphatic carbocycles. The number of nitrogens with zero attached hydrogens (tertiary/aromatic N) is 3. The van der Waals surface area contributed by atoms with Gasteiger partial charge in [-0.25, -0.2) is 18.2 Å². The second-order valence-electron chi connectivity index (χ2n) is 21.0. The summed E-state index contributed by atoms with van der Waals surface area (Å²) in [7, 11) is -4.01. The first-order chi connectivity index (χ1) is 30.4. The van der Waals surface area contributed by atoms with Gasteiger partial charge >= 0.3 is 6.09 Å². The molecule has 3 saturated heterocycles. The molecule has 2 unspecified atom stereocenters. The van der Waals surface area contributed by atoms with E-state index in [1.807, 2.05) is 39.0 Å². The molecule has 16 heteroatoms. The molecule has 0 spiro atoms. The zero-order valence-electron chi connectivity index (χ0n) is 38.0. The molecule has 2 aromatic rings. The first kappa shape index (κ1) is 44.7. The fourth-order valence-electron chi connectivity index (χ4n) is 11.0. The second-order valence-corrected chi connectivity index (χ2v) is 23.2. The molecule has 3 N–H and O–H groups in total. The molecule has 0 radical (unpaired) electrons. The van der Waals surface area contributed by atoms with Crippen molar-refractivity contribution in [3.63, 3.8) is 0 Å². The van der Waals surface area contributed by atoms with Gasteiger partial charge in [-0.15, -0.1) is 6.58 Å². The summed E-state index contributed by atoms with van der Waals surface area (Å²) in [5.41, 5.74) is -0.786. The molecule has 4 amide bonds. The van der Waals surface area contributed by atoms with Crippen molar-refractivity contribution >= 4 is 44.7 Å². The largest absolute Gasteiger partial charge is 0.489 e. The number of fused-ring (bicyclic) bond motifs is 7. The Bertz CT molecular complexity index is 2300. The van der Waals surface area contributed by atoms with Crippen molar-refractivity contribution in [2.24, 2.45) is 17.3 Å². The summed E-state index contributed by atoms with van der Waals surface area (Å²) in [4.78, 5) is 66.1. The van der Waals surface area contributed by atoms with Crippen LogP contribution < -0.4 is 24.8 Å². The highest BCUT2D eigenvalue weighted by atomic mass is 32.2. The van der Waals surface area contributed by atoms with Crippen molar-refractivity contribution in [3.8, 4) is 11.6 Å². The molecule has 64 heavy (non-hydrogen) atoms. The van der Waals surface area contributed by atoms with E-state index >= 15 is 0 Å². The summed E-state index contributed by atoms with van der Waals surface area (Å²) < 4.78 is 47.6. The van der Waals surface area contributed by atoms with Crippen molar-refractivity contribution in [1.82, 2.24) is 30.1 Å². The minimum atomic E-state index is -4.01. The molecule has 1 aromatic heterocycles. The van der Waals surface area contributed by atoms with Crippen molar-refractivity contribution in [3.05, 3.63) is 42.5 Å². The first-order valence-corrected chi connectivity index (χ1v) is 25.2. The Balaban J connectivity index is 1.06. The van der Waals surface area contributed by atoms with Crippen molar-refractivity contribution in [1.29, 1.82) is 0 Å². The highest BCUT2D eigenvalue weighted by Gasteiger charge is 2.63. The van der Waals surface area contributed by atoms with Crippen LogP contribution in [0.1, 0.15) is 124 Å². The number of para-hydroxylation sites is 1. The molecule has 7 aliphatic rings. The molecule has 6 fully saturated rings. The number of carbonyl (C=O) groups is 4. The number of sulfonamides is 1. The fraction of sp³-hybridized carbons (Fsp3) is 0.688. The van der Waals surface area contributed by atoms with E-state index in [1.54, 1.807) is 6.92 Å². The summed E-state index contributed by atoms with van der Waals surface area (Å²) in [5, 5.41) is 6.66. The lowest BCUT2D eigenvalue weighted by atomic mass is 9.85. The van der Waals surface area contributed by atoms with Crippen LogP contribution >= 0.6 is 0 Å². The Kier molecular flexibility index (Phi) is 11.7. The molecule has 1 aromatic carbocycles. The van der Waals surface area contributed by atoms with Gasteiger partial charge in [-0.2, -0.15) is 0 Å². The molecular formula is C48H66N6O9S. The third kappa shape index (κ3) is 8.57. The number of amides is 4. The average molecular weight is 903 g/mol. The van der Waals surface area contributed by atoms with Crippen LogP contribution in [-0.2, 0) is 35.6 Å². The third-order valence-corrected chi connectivity index (χ3v) is 17.6. The smallest absolute Gasteiger partial charge is 0.408 e. The van der Waals surface area contributed by atoms with Crippen molar-refractivity contribution in [2.45, 2.75) is 177 Å². The van der Waals surface area contributed by atoms with E-state index in [-0.39, 0.29) is 37.5 Å². The number of piperidine rings is 1. The molecular weight excluding hydrogens is 837 g/mol. The average Bonchev–Trinajstić information content (AvgIpc) is 4.20. The Morgan fingerprint density at radius 3 is 2.44 bits per heavy atom. The number of nitrogens with one attached hydrogen (secondary N) is 3. The van der Waals surface area contributed by atoms with Crippen molar-refractivity contribution < 1.29 is 41.8 Å². The van der Waals surface area contributed by atoms with Gasteiger partial charge in [-0.3, -0.25) is 24.0 Å². The van der Waals surface area contributed by atoms with E-state index in [1.165, 1.54) is 23.8 Å². The normalized spacial score (nSPS) is 33.8. The van der Waals surface area contributed by atoms with Crippen LogP contribution in [0.3, 0.4) is 0 Å². The van der Waals surface area contributed by atoms with Crippen LogP contribution in [0.5, 0.6) is 11.6 Å². The van der Waals surface area contributed by atoms with E-state index < -0.39 is 73.6 Å². The molecule has 9 rings (SSSR count). The van der Waals surface area contributed by atoms with Gasteiger partial charge in [0.2, 0.25) is 27.7 Å². The fourth-order valence-corrected chi connectivity index (χ4v) is 12.3. The molecule has 4 bridgehead atoms. The van der Waals surface area contributed by atoms with Crippen LogP contribution in [0.15, 0.2) is 36.9 Å². The molecule has 15 nitrogen and oxygen atoms in total. The van der Waals surface area contributed by atoms with Crippen molar-refractivity contribution in [2.75, 3.05) is 13.1 Å². The van der Waals surface area contributed by atoms with E-state index in [9.17, 15) is 27.6 Å². The van der Waals surface area contributed by atoms with Gasteiger partial charge in [0.05, 0.1) is 22.4 Å². The monoisotopic (exact) mass is 902 g/mol. The van der Waals surface area contributed by atoms with Gasteiger partial charge in [-0.05, 0) is 108 Å². The summed E-state index contributed by atoms with van der Waals surface area (Å²) in [6.07, 6.45) is 10.3. The maximum atomic E-state index is 14.9. The quantitative estimate of drug-likeness (QED) is 0.263.